The zero-order valence-corrected chi connectivity index (χ0v) is 10.9. The second kappa shape index (κ2) is 8.23. The van der Waals surface area contributed by atoms with E-state index in [9.17, 15) is 0 Å². The molecule has 17 heavy (non-hydrogen) atoms. The molecule has 1 aromatic carbocycles. The lowest BCUT2D eigenvalue weighted by Crippen LogP contribution is -2.34. The summed E-state index contributed by atoms with van der Waals surface area (Å²) in [4.78, 5) is 0. The lowest BCUT2D eigenvalue weighted by Gasteiger charge is -2.14. The Labute approximate surface area is 104 Å². The molecule has 1 rings (SSSR count). The van der Waals surface area contributed by atoms with Crippen LogP contribution in [0.4, 0.5) is 0 Å². The summed E-state index contributed by atoms with van der Waals surface area (Å²) in [5.74, 6) is 0.512. The molecule has 3 N–H and O–H groups in total. The van der Waals surface area contributed by atoms with Crippen LogP contribution in [0.1, 0.15) is 19.4 Å². The summed E-state index contributed by atoms with van der Waals surface area (Å²) in [6.45, 7) is 7.47. The van der Waals surface area contributed by atoms with Crippen LogP contribution in [0.2, 0.25) is 0 Å². The van der Waals surface area contributed by atoms with Crippen LogP contribution in [0.5, 0.6) is 0 Å². The summed E-state index contributed by atoms with van der Waals surface area (Å²) in [7, 11) is 0. The number of rotatable bonds is 8. The number of nitrogens with one attached hydrogen (secondary N) is 1. The highest BCUT2D eigenvalue weighted by Crippen LogP contribution is 2.02. The van der Waals surface area contributed by atoms with E-state index in [2.05, 4.69) is 24.4 Å². The van der Waals surface area contributed by atoms with Crippen molar-refractivity contribution in [3.8, 4) is 0 Å². The first-order valence-corrected chi connectivity index (χ1v) is 6.26. The minimum Gasteiger partial charge on any atom is -0.376 e. The lowest BCUT2D eigenvalue weighted by molar-refractivity contribution is 0.0918. The second-order valence-electron chi connectivity index (χ2n) is 4.74. The summed E-state index contributed by atoms with van der Waals surface area (Å²) in [6, 6.07) is 10.5. The quantitative estimate of drug-likeness (QED) is 0.723. The van der Waals surface area contributed by atoms with Crippen molar-refractivity contribution in [1.82, 2.24) is 5.32 Å². The van der Waals surface area contributed by atoms with E-state index < -0.39 is 0 Å². The SMILES string of the molecule is CC(CNC[C@@H](C)N)COCc1ccccc1. The van der Waals surface area contributed by atoms with E-state index in [0.29, 0.717) is 12.5 Å². The Balaban J connectivity index is 2.06. The van der Waals surface area contributed by atoms with Crippen LogP contribution in [0.25, 0.3) is 0 Å². The molecule has 1 unspecified atom stereocenters. The third-order valence-corrected chi connectivity index (χ3v) is 2.47. The molecule has 3 heteroatoms. The average molecular weight is 236 g/mol. The van der Waals surface area contributed by atoms with Crippen LogP contribution in [-0.4, -0.2) is 25.7 Å². The van der Waals surface area contributed by atoms with E-state index in [1.54, 1.807) is 0 Å². The van der Waals surface area contributed by atoms with E-state index in [1.165, 1.54) is 5.56 Å². The molecule has 96 valence electrons. The Hall–Kier alpha value is -0.900. The maximum atomic E-state index is 5.67. The van der Waals surface area contributed by atoms with Crippen molar-refractivity contribution in [3.63, 3.8) is 0 Å². The van der Waals surface area contributed by atoms with Crippen LogP contribution in [0.3, 0.4) is 0 Å². The molecule has 0 saturated heterocycles. The molecule has 0 bridgehead atoms. The summed E-state index contributed by atoms with van der Waals surface area (Å²) in [5.41, 5.74) is 6.89. The predicted molar refractivity (Wildman–Crippen MR) is 71.8 cm³/mol. The highest BCUT2D eigenvalue weighted by atomic mass is 16.5. The van der Waals surface area contributed by atoms with Gasteiger partial charge < -0.3 is 15.8 Å². The maximum absolute atomic E-state index is 5.67. The highest BCUT2D eigenvalue weighted by Gasteiger charge is 2.02. The molecule has 0 aliphatic rings. The van der Waals surface area contributed by atoms with Crippen LogP contribution >= 0.6 is 0 Å². The third-order valence-electron chi connectivity index (χ3n) is 2.47. The smallest absolute Gasteiger partial charge is 0.0717 e. The normalized spacial score (nSPS) is 14.5. The van der Waals surface area contributed by atoms with Crippen molar-refractivity contribution in [2.75, 3.05) is 19.7 Å². The molecule has 0 aliphatic heterocycles. The molecule has 0 radical (unpaired) electrons. The summed E-state index contributed by atoms with van der Waals surface area (Å²) in [6.07, 6.45) is 0. The van der Waals surface area contributed by atoms with Crippen molar-refractivity contribution in [2.45, 2.75) is 26.5 Å². The van der Waals surface area contributed by atoms with E-state index >= 15 is 0 Å². The first kappa shape index (κ1) is 14.2. The van der Waals surface area contributed by atoms with Crippen molar-refractivity contribution >= 4 is 0 Å². The van der Waals surface area contributed by atoms with E-state index in [0.717, 1.165) is 19.7 Å². The van der Waals surface area contributed by atoms with Crippen molar-refractivity contribution < 1.29 is 4.74 Å². The van der Waals surface area contributed by atoms with Crippen molar-refractivity contribution in [1.29, 1.82) is 0 Å². The molecule has 0 heterocycles. The Morgan fingerprint density at radius 3 is 2.53 bits per heavy atom. The van der Waals surface area contributed by atoms with Crippen LogP contribution in [-0.2, 0) is 11.3 Å². The second-order valence-corrected chi connectivity index (χ2v) is 4.74. The molecule has 0 aliphatic carbocycles. The van der Waals surface area contributed by atoms with E-state index in [-0.39, 0.29) is 6.04 Å². The van der Waals surface area contributed by atoms with Gasteiger partial charge in [0.2, 0.25) is 0 Å². The molecular weight excluding hydrogens is 212 g/mol. The number of hydrogen-bond donors (Lipinski definition) is 2. The molecule has 3 nitrogen and oxygen atoms in total. The van der Waals surface area contributed by atoms with Crippen LogP contribution in [0.15, 0.2) is 30.3 Å². The zero-order valence-electron chi connectivity index (χ0n) is 10.9. The number of ether oxygens (including phenoxy) is 1. The van der Waals surface area contributed by atoms with Gasteiger partial charge in [0, 0.05) is 12.6 Å². The first-order valence-electron chi connectivity index (χ1n) is 6.26. The highest BCUT2D eigenvalue weighted by molar-refractivity contribution is 5.13. The van der Waals surface area contributed by atoms with Gasteiger partial charge >= 0.3 is 0 Å². The number of benzene rings is 1. The van der Waals surface area contributed by atoms with Gasteiger partial charge in [0.05, 0.1) is 13.2 Å². The van der Waals surface area contributed by atoms with Gasteiger partial charge in [0.15, 0.2) is 0 Å². The average Bonchev–Trinajstić information content (AvgIpc) is 2.30. The third kappa shape index (κ3) is 7.10. The first-order chi connectivity index (χ1) is 8.18. The van der Waals surface area contributed by atoms with Crippen molar-refractivity contribution in [3.05, 3.63) is 35.9 Å². The zero-order chi connectivity index (χ0) is 12.5. The fraction of sp³-hybridized carbons (Fsp3) is 0.571. The van der Waals surface area contributed by atoms with Gasteiger partial charge in [-0.3, -0.25) is 0 Å². The largest absolute Gasteiger partial charge is 0.376 e. The Kier molecular flexibility index (Phi) is 6.86. The van der Waals surface area contributed by atoms with Gasteiger partial charge in [0.25, 0.3) is 0 Å². The van der Waals surface area contributed by atoms with Gasteiger partial charge in [-0.25, -0.2) is 0 Å². The van der Waals surface area contributed by atoms with E-state index in [1.807, 2.05) is 25.1 Å². The Morgan fingerprint density at radius 1 is 1.18 bits per heavy atom. The molecule has 1 aromatic rings. The van der Waals surface area contributed by atoms with Crippen molar-refractivity contribution in [2.24, 2.45) is 11.7 Å². The number of hydrogen-bond acceptors (Lipinski definition) is 3. The maximum Gasteiger partial charge on any atom is 0.0717 e. The standard InChI is InChI=1S/C14H24N2O/c1-12(8-16-9-13(2)15)10-17-11-14-6-4-3-5-7-14/h3-7,12-13,16H,8-11,15H2,1-2H3/t12?,13-/m1/s1. The van der Waals surface area contributed by atoms with Gasteiger partial charge in [-0.1, -0.05) is 37.3 Å². The minimum absolute atomic E-state index is 0.215. The predicted octanol–water partition coefficient (Wildman–Crippen LogP) is 1.78. The van der Waals surface area contributed by atoms with Crippen LogP contribution in [0, 0.1) is 5.92 Å². The fourth-order valence-electron chi connectivity index (χ4n) is 1.57. The molecule has 0 saturated carbocycles. The Morgan fingerprint density at radius 2 is 1.88 bits per heavy atom. The topological polar surface area (TPSA) is 47.3 Å². The molecule has 0 fully saturated rings. The minimum atomic E-state index is 0.215. The van der Waals surface area contributed by atoms with E-state index in [4.69, 9.17) is 10.5 Å². The van der Waals surface area contributed by atoms with Crippen LogP contribution < -0.4 is 11.1 Å². The van der Waals surface area contributed by atoms with Gasteiger partial charge in [0.1, 0.15) is 0 Å². The fourth-order valence-corrected chi connectivity index (χ4v) is 1.57. The summed E-state index contributed by atoms with van der Waals surface area (Å²) in [5, 5.41) is 3.33. The number of nitrogens with two attached hydrogens (primary N) is 1. The molecule has 0 amide bonds. The van der Waals surface area contributed by atoms with Gasteiger partial charge in [-0.15, -0.1) is 0 Å². The molecular formula is C14H24N2O. The summed E-state index contributed by atoms with van der Waals surface area (Å²) >= 11 is 0. The Bertz CT molecular complexity index is 288. The summed E-state index contributed by atoms with van der Waals surface area (Å²) < 4.78 is 5.67. The molecule has 0 aromatic heterocycles. The monoisotopic (exact) mass is 236 g/mol. The molecule has 2 atom stereocenters. The van der Waals surface area contributed by atoms with Gasteiger partial charge in [-0.05, 0) is 24.9 Å². The lowest BCUT2D eigenvalue weighted by atomic mass is 10.2. The van der Waals surface area contributed by atoms with Gasteiger partial charge in [-0.2, -0.15) is 0 Å². The molecule has 0 spiro atoms.